The van der Waals surface area contributed by atoms with Crippen molar-refractivity contribution >= 4 is 11.9 Å². The largest absolute Gasteiger partial charge is 0.426 e. The summed E-state index contributed by atoms with van der Waals surface area (Å²) in [7, 11) is 0. The van der Waals surface area contributed by atoms with E-state index in [9.17, 15) is 9.59 Å². The lowest BCUT2D eigenvalue weighted by molar-refractivity contribution is -0.135. The van der Waals surface area contributed by atoms with E-state index in [1.807, 2.05) is 36.4 Å². The quantitative estimate of drug-likeness (QED) is 0.678. The number of para-hydroxylation sites is 1. The van der Waals surface area contributed by atoms with Gasteiger partial charge in [0.1, 0.15) is 5.75 Å². The maximum absolute atomic E-state index is 12.0. The van der Waals surface area contributed by atoms with Crippen LogP contribution in [0.4, 0.5) is 0 Å². The first kappa shape index (κ1) is 14.8. The van der Waals surface area contributed by atoms with Gasteiger partial charge in [0.15, 0.2) is 0 Å². The number of carbonyl (C=O) groups excluding carboxylic acids is 2. The SMILES string of the molecule is CC(=O)N[C@H](CC(=O)Oc1ccccc1)c1ccccc1. The van der Waals surface area contributed by atoms with Gasteiger partial charge in [-0.05, 0) is 17.7 Å². The van der Waals surface area contributed by atoms with Gasteiger partial charge in [-0.3, -0.25) is 9.59 Å². The van der Waals surface area contributed by atoms with Crippen LogP contribution in [0, 0.1) is 0 Å². The first-order valence-corrected chi connectivity index (χ1v) is 6.73. The Morgan fingerprint density at radius 3 is 2.14 bits per heavy atom. The van der Waals surface area contributed by atoms with Crippen molar-refractivity contribution in [2.75, 3.05) is 0 Å². The van der Waals surface area contributed by atoms with Gasteiger partial charge in [0, 0.05) is 6.92 Å². The van der Waals surface area contributed by atoms with E-state index in [-0.39, 0.29) is 24.3 Å². The normalized spacial score (nSPS) is 11.5. The Morgan fingerprint density at radius 1 is 1.00 bits per heavy atom. The molecule has 0 saturated carbocycles. The second kappa shape index (κ2) is 7.24. The maximum atomic E-state index is 12.0. The van der Waals surface area contributed by atoms with E-state index >= 15 is 0 Å². The zero-order chi connectivity index (χ0) is 15.1. The summed E-state index contributed by atoms with van der Waals surface area (Å²) in [6.07, 6.45) is 0.0818. The summed E-state index contributed by atoms with van der Waals surface area (Å²) in [5.74, 6) is -0.0719. The van der Waals surface area contributed by atoms with Crippen molar-refractivity contribution in [3.05, 3.63) is 66.2 Å². The number of hydrogen-bond donors (Lipinski definition) is 1. The van der Waals surface area contributed by atoms with E-state index in [1.54, 1.807) is 24.3 Å². The molecular weight excluding hydrogens is 266 g/mol. The third-order valence-electron chi connectivity index (χ3n) is 2.93. The third-order valence-corrected chi connectivity index (χ3v) is 2.93. The van der Waals surface area contributed by atoms with Crippen LogP contribution in [-0.2, 0) is 9.59 Å². The number of esters is 1. The Morgan fingerprint density at radius 2 is 1.57 bits per heavy atom. The molecule has 0 heterocycles. The van der Waals surface area contributed by atoms with Crippen LogP contribution in [0.25, 0.3) is 0 Å². The molecule has 2 rings (SSSR count). The molecular formula is C17H17NO3. The monoisotopic (exact) mass is 283 g/mol. The number of amides is 1. The summed E-state index contributed by atoms with van der Waals surface area (Å²) in [4.78, 5) is 23.3. The van der Waals surface area contributed by atoms with Crippen molar-refractivity contribution in [2.24, 2.45) is 0 Å². The van der Waals surface area contributed by atoms with E-state index in [2.05, 4.69) is 5.32 Å². The molecule has 0 unspecified atom stereocenters. The summed E-state index contributed by atoms with van der Waals surface area (Å²) >= 11 is 0. The lowest BCUT2D eigenvalue weighted by atomic mass is 10.0. The van der Waals surface area contributed by atoms with Crippen LogP contribution in [0.3, 0.4) is 0 Å². The summed E-state index contributed by atoms with van der Waals surface area (Å²) in [5, 5.41) is 2.77. The van der Waals surface area contributed by atoms with E-state index < -0.39 is 0 Å². The fourth-order valence-electron chi connectivity index (χ4n) is 2.01. The molecule has 4 heteroatoms. The highest BCUT2D eigenvalue weighted by Crippen LogP contribution is 2.18. The van der Waals surface area contributed by atoms with Gasteiger partial charge in [-0.1, -0.05) is 48.5 Å². The van der Waals surface area contributed by atoms with Gasteiger partial charge in [0.05, 0.1) is 12.5 Å². The smallest absolute Gasteiger partial charge is 0.313 e. The van der Waals surface area contributed by atoms with Crippen LogP contribution in [0.1, 0.15) is 24.9 Å². The average molecular weight is 283 g/mol. The van der Waals surface area contributed by atoms with Crippen molar-refractivity contribution in [1.29, 1.82) is 0 Å². The molecule has 1 amide bonds. The lowest BCUT2D eigenvalue weighted by Crippen LogP contribution is -2.29. The highest BCUT2D eigenvalue weighted by Gasteiger charge is 2.18. The Labute approximate surface area is 123 Å². The van der Waals surface area contributed by atoms with Gasteiger partial charge in [0.2, 0.25) is 5.91 Å². The molecule has 0 spiro atoms. The van der Waals surface area contributed by atoms with Crippen LogP contribution in [-0.4, -0.2) is 11.9 Å². The Bertz CT molecular complexity index is 596. The molecule has 1 atom stereocenters. The van der Waals surface area contributed by atoms with Gasteiger partial charge in [-0.25, -0.2) is 0 Å². The van der Waals surface area contributed by atoms with Gasteiger partial charge in [-0.2, -0.15) is 0 Å². The Hall–Kier alpha value is -2.62. The van der Waals surface area contributed by atoms with Gasteiger partial charge >= 0.3 is 5.97 Å². The molecule has 4 nitrogen and oxygen atoms in total. The molecule has 108 valence electrons. The predicted octanol–water partition coefficient (Wildman–Crippen LogP) is 2.86. The number of ether oxygens (including phenoxy) is 1. The fraction of sp³-hybridized carbons (Fsp3) is 0.176. The first-order valence-electron chi connectivity index (χ1n) is 6.73. The molecule has 21 heavy (non-hydrogen) atoms. The van der Waals surface area contributed by atoms with E-state index in [0.717, 1.165) is 5.56 Å². The van der Waals surface area contributed by atoms with Crippen LogP contribution < -0.4 is 10.1 Å². The third kappa shape index (κ3) is 4.76. The van der Waals surface area contributed by atoms with Crippen LogP contribution in [0.5, 0.6) is 5.75 Å². The number of hydrogen-bond acceptors (Lipinski definition) is 3. The molecule has 0 saturated heterocycles. The lowest BCUT2D eigenvalue weighted by Gasteiger charge is -2.17. The number of rotatable bonds is 5. The molecule has 0 aliphatic rings. The molecule has 0 bridgehead atoms. The molecule has 0 aliphatic heterocycles. The van der Waals surface area contributed by atoms with Gasteiger partial charge < -0.3 is 10.1 Å². The van der Waals surface area contributed by atoms with Gasteiger partial charge in [-0.15, -0.1) is 0 Å². The topological polar surface area (TPSA) is 55.4 Å². The second-order valence-electron chi connectivity index (χ2n) is 4.66. The highest BCUT2D eigenvalue weighted by atomic mass is 16.5. The first-order chi connectivity index (χ1) is 10.1. The van der Waals surface area contributed by atoms with Crippen molar-refractivity contribution in [3.8, 4) is 5.75 Å². The van der Waals surface area contributed by atoms with Gasteiger partial charge in [0.25, 0.3) is 0 Å². The van der Waals surface area contributed by atoms with Crippen molar-refractivity contribution < 1.29 is 14.3 Å². The molecule has 0 fully saturated rings. The minimum Gasteiger partial charge on any atom is -0.426 e. The summed E-state index contributed by atoms with van der Waals surface area (Å²) in [5.41, 5.74) is 0.873. The number of nitrogens with one attached hydrogen (secondary N) is 1. The highest BCUT2D eigenvalue weighted by molar-refractivity contribution is 5.77. The zero-order valence-electron chi connectivity index (χ0n) is 11.8. The molecule has 0 radical (unpaired) electrons. The van der Waals surface area contributed by atoms with Crippen LogP contribution in [0.2, 0.25) is 0 Å². The molecule has 1 N–H and O–H groups in total. The van der Waals surface area contributed by atoms with Crippen molar-refractivity contribution in [1.82, 2.24) is 5.32 Å². The second-order valence-corrected chi connectivity index (χ2v) is 4.66. The number of benzene rings is 2. The summed E-state index contributed by atoms with van der Waals surface area (Å²) in [6.45, 7) is 1.43. The molecule has 2 aromatic rings. The summed E-state index contributed by atoms with van der Waals surface area (Å²) < 4.78 is 5.26. The van der Waals surface area contributed by atoms with E-state index in [0.29, 0.717) is 5.75 Å². The van der Waals surface area contributed by atoms with Crippen LogP contribution >= 0.6 is 0 Å². The number of carbonyl (C=O) groups is 2. The minimum atomic E-state index is -0.389. The minimum absolute atomic E-state index is 0.0818. The van der Waals surface area contributed by atoms with E-state index in [4.69, 9.17) is 4.74 Å². The van der Waals surface area contributed by atoms with Crippen LogP contribution in [0.15, 0.2) is 60.7 Å². The standard InChI is InChI=1S/C17H17NO3/c1-13(19)18-16(14-8-4-2-5-9-14)12-17(20)21-15-10-6-3-7-11-15/h2-11,16H,12H2,1H3,(H,18,19)/t16-/m1/s1. The molecule has 2 aromatic carbocycles. The Kier molecular flexibility index (Phi) is 5.10. The van der Waals surface area contributed by atoms with Crippen molar-refractivity contribution in [3.63, 3.8) is 0 Å². The summed E-state index contributed by atoms with van der Waals surface area (Å²) in [6, 6.07) is 17.8. The fourth-order valence-corrected chi connectivity index (χ4v) is 2.01. The average Bonchev–Trinajstić information content (AvgIpc) is 2.48. The Balaban J connectivity index is 2.05. The van der Waals surface area contributed by atoms with E-state index in [1.165, 1.54) is 6.92 Å². The molecule has 0 aliphatic carbocycles. The molecule has 0 aromatic heterocycles. The maximum Gasteiger partial charge on any atom is 0.313 e. The zero-order valence-corrected chi connectivity index (χ0v) is 11.8. The predicted molar refractivity (Wildman–Crippen MR) is 79.7 cm³/mol. The van der Waals surface area contributed by atoms with Crippen molar-refractivity contribution in [2.45, 2.75) is 19.4 Å².